The summed E-state index contributed by atoms with van der Waals surface area (Å²) in [7, 11) is 1.61. The van der Waals surface area contributed by atoms with E-state index >= 15 is 0 Å². The first-order valence-corrected chi connectivity index (χ1v) is 7.35. The standard InChI is InChI=1S/C17H18ClFO2/c1-20-16-4-2-3-5-17(16)21-11-10-14(12-18)13-6-8-15(19)9-7-13/h2-9,14H,10-12H2,1H3. The highest BCUT2D eigenvalue weighted by Gasteiger charge is 2.11. The van der Waals surface area contributed by atoms with Crippen LogP contribution in [-0.4, -0.2) is 19.6 Å². The van der Waals surface area contributed by atoms with Gasteiger partial charge in [0.15, 0.2) is 11.5 Å². The summed E-state index contributed by atoms with van der Waals surface area (Å²) in [4.78, 5) is 0. The summed E-state index contributed by atoms with van der Waals surface area (Å²) in [5.41, 5.74) is 1.02. The van der Waals surface area contributed by atoms with Crippen LogP contribution in [-0.2, 0) is 0 Å². The van der Waals surface area contributed by atoms with Crippen LogP contribution in [0.15, 0.2) is 48.5 Å². The van der Waals surface area contributed by atoms with Crippen molar-refractivity contribution in [2.45, 2.75) is 12.3 Å². The second-order valence-corrected chi connectivity index (χ2v) is 5.00. The predicted molar refractivity (Wildman–Crippen MR) is 83.0 cm³/mol. The molecular formula is C17H18ClFO2. The number of hydrogen-bond donors (Lipinski definition) is 0. The van der Waals surface area contributed by atoms with E-state index < -0.39 is 0 Å². The highest BCUT2D eigenvalue weighted by molar-refractivity contribution is 6.18. The van der Waals surface area contributed by atoms with Crippen LogP contribution in [0.1, 0.15) is 17.9 Å². The van der Waals surface area contributed by atoms with E-state index in [1.165, 1.54) is 12.1 Å². The van der Waals surface area contributed by atoms with E-state index in [1.807, 2.05) is 24.3 Å². The molecular weight excluding hydrogens is 291 g/mol. The maximum Gasteiger partial charge on any atom is 0.161 e. The molecule has 2 nitrogen and oxygen atoms in total. The van der Waals surface area contributed by atoms with Crippen LogP contribution in [0.3, 0.4) is 0 Å². The quantitative estimate of drug-likeness (QED) is 0.695. The number of benzene rings is 2. The van der Waals surface area contributed by atoms with Crippen LogP contribution < -0.4 is 9.47 Å². The fraction of sp³-hybridized carbons (Fsp3) is 0.294. The number of alkyl halides is 1. The van der Waals surface area contributed by atoms with Gasteiger partial charge in [-0.15, -0.1) is 11.6 Å². The Bertz CT molecular complexity index is 557. The summed E-state index contributed by atoms with van der Waals surface area (Å²) in [6.07, 6.45) is 0.757. The average Bonchev–Trinajstić information content (AvgIpc) is 2.53. The Morgan fingerprint density at radius 2 is 1.71 bits per heavy atom. The highest BCUT2D eigenvalue weighted by Crippen LogP contribution is 2.27. The van der Waals surface area contributed by atoms with Crippen molar-refractivity contribution in [2.75, 3.05) is 19.6 Å². The first kappa shape index (κ1) is 15.6. The van der Waals surface area contributed by atoms with Gasteiger partial charge in [0.1, 0.15) is 5.82 Å². The minimum atomic E-state index is -0.239. The Labute approximate surface area is 129 Å². The van der Waals surface area contributed by atoms with Crippen LogP contribution in [0, 0.1) is 5.82 Å². The van der Waals surface area contributed by atoms with Crippen LogP contribution in [0.2, 0.25) is 0 Å². The van der Waals surface area contributed by atoms with Gasteiger partial charge in [-0.3, -0.25) is 0 Å². The second kappa shape index (κ2) is 7.89. The van der Waals surface area contributed by atoms with Crippen molar-refractivity contribution < 1.29 is 13.9 Å². The maximum absolute atomic E-state index is 12.9. The van der Waals surface area contributed by atoms with Crippen LogP contribution >= 0.6 is 11.6 Å². The van der Waals surface area contributed by atoms with E-state index in [9.17, 15) is 4.39 Å². The number of ether oxygens (including phenoxy) is 2. The van der Waals surface area contributed by atoms with Gasteiger partial charge in [0.25, 0.3) is 0 Å². The van der Waals surface area contributed by atoms with Gasteiger partial charge < -0.3 is 9.47 Å². The molecule has 0 N–H and O–H groups in total. The van der Waals surface area contributed by atoms with Gasteiger partial charge in [0.05, 0.1) is 13.7 Å². The maximum atomic E-state index is 12.9. The summed E-state index contributed by atoms with van der Waals surface area (Å²) in [5.74, 6) is 1.80. The molecule has 0 fully saturated rings. The third-order valence-corrected chi connectivity index (χ3v) is 3.69. The molecule has 0 aromatic heterocycles. The SMILES string of the molecule is COc1ccccc1OCCC(CCl)c1ccc(F)cc1. The van der Waals surface area contributed by atoms with E-state index in [0.717, 1.165) is 12.0 Å². The molecule has 2 aromatic rings. The number of para-hydroxylation sites is 2. The number of hydrogen-bond acceptors (Lipinski definition) is 2. The first-order chi connectivity index (χ1) is 10.2. The zero-order valence-corrected chi connectivity index (χ0v) is 12.6. The van der Waals surface area contributed by atoms with Crippen molar-refractivity contribution in [2.24, 2.45) is 0 Å². The fourth-order valence-electron chi connectivity index (χ4n) is 2.12. The fourth-order valence-corrected chi connectivity index (χ4v) is 2.45. The van der Waals surface area contributed by atoms with Crippen molar-refractivity contribution in [3.05, 3.63) is 59.9 Å². The van der Waals surface area contributed by atoms with Gasteiger partial charge in [-0.1, -0.05) is 24.3 Å². The van der Waals surface area contributed by atoms with E-state index in [2.05, 4.69) is 0 Å². The third-order valence-electron chi connectivity index (χ3n) is 3.32. The van der Waals surface area contributed by atoms with Gasteiger partial charge >= 0.3 is 0 Å². The minimum absolute atomic E-state index is 0.141. The summed E-state index contributed by atoms with van der Waals surface area (Å²) in [5, 5.41) is 0. The topological polar surface area (TPSA) is 18.5 Å². The lowest BCUT2D eigenvalue weighted by atomic mass is 9.98. The highest BCUT2D eigenvalue weighted by atomic mass is 35.5. The Kier molecular flexibility index (Phi) is 5.88. The van der Waals surface area contributed by atoms with Gasteiger partial charge in [-0.25, -0.2) is 4.39 Å². The van der Waals surface area contributed by atoms with Gasteiger partial charge in [0.2, 0.25) is 0 Å². The molecule has 1 unspecified atom stereocenters. The molecule has 0 aliphatic carbocycles. The zero-order chi connectivity index (χ0) is 15.1. The molecule has 112 valence electrons. The Morgan fingerprint density at radius 1 is 1.05 bits per heavy atom. The largest absolute Gasteiger partial charge is 0.493 e. The molecule has 0 spiro atoms. The monoisotopic (exact) mass is 308 g/mol. The lowest BCUT2D eigenvalue weighted by Crippen LogP contribution is -2.08. The van der Waals surface area contributed by atoms with Crippen molar-refractivity contribution in [3.63, 3.8) is 0 Å². The number of rotatable bonds is 7. The molecule has 0 radical (unpaired) electrons. The van der Waals surface area contributed by atoms with Crippen molar-refractivity contribution in [3.8, 4) is 11.5 Å². The Morgan fingerprint density at radius 3 is 2.33 bits per heavy atom. The molecule has 21 heavy (non-hydrogen) atoms. The normalized spacial score (nSPS) is 12.0. The molecule has 0 aliphatic rings. The number of methoxy groups -OCH3 is 1. The van der Waals surface area contributed by atoms with Crippen molar-refractivity contribution in [1.82, 2.24) is 0 Å². The second-order valence-electron chi connectivity index (χ2n) is 4.69. The van der Waals surface area contributed by atoms with Gasteiger partial charge in [-0.2, -0.15) is 0 Å². The van der Waals surface area contributed by atoms with Crippen molar-refractivity contribution in [1.29, 1.82) is 0 Å². The van der Waals surface area contributed by atoms with E-state index in [1.54, 1.807) is 19.2 Å². The lowest BCUT2D eigenvalue weighted by molar-refractivity contribution is 0.282. The third kappa shape index (κ3) is 4.36. The number of halogens is 2. The van der Waals surface area contributed by atoms with Crippen LogP contribution in [0.25, 0.3) is 0 Å². The molecule has 0 aliphatic heterocycles. The Balaban J connectivity index is 1.93. The zero-order valence-electron chi connectivity index (χ0n) is 11.9. The van der Waals surface area contributed by atoms with Gasteiger partial charge in [-0.05, 0) is 36.2 Å². The molecule has 0 amide bonds. The molecule has 0 saturated carbocycles. The van der Waals surface area contributed by atoms with Crippen molar-refractivity contribution >= 4 is 11.6 Å². The molecule has 2 aromatic carbocycles. The average molecular weight is 309 g/mol. The van der Waals surface area contributed by atoms with E-state index in [0.29, 0.717) is 24.0 Å². The van der Waals surface area contributed by atoms with E-state index in [-0.39, 0.29) is 11.7 Å². The molecule has 1 atom stereocenters. The van der Waals surface area contributed by atoms with Crippen LogP contribution in [0.5, 0.6) is 11.5 Å². The molecule has 2 rings (SSSR count). The predicted octanol–water partition coefficient (Wildman–Crippen LogP) is 4.63. The summed E-state index contributed by atoms with van der Waals surface area (Å²) < 4.78 is 23.9. The minimum Gasteiger partial charge on any atom is -0.493 e. The molecule has 0 bridgehead atoms. The Hall–Kier alpha value is -1.74. The molecule has 0 heterocycles. The molecule has 0 saturated heterocycles. The summed E-state index contributed by atoms with van der Waals surface area (Å²) in [6, 6.07) is 14.0. The summed E-state index contributed by atoms with van der Waals surface area (Å²) >= 11 is 6.01. The summed E-state index contributed by atoms with van der Waals surface area (Å²) in [6.45, 7) is 0.523. The first-order valence-electron chi connectivity index (χ1n) is 6.82. The molecule has 4 heteroatoms. The lowest BCUT2D eigenvalue weighted by Gasteiger charge is -2.16. The van der Waals surface area contributed by atoms with E-state index in [4.69, 9.17) is 21.1 Å². The van der Waals surface area contributed by atoms with Crippen LogP contribution in [0.4, 0.5) is 4.39 Å². The smallest absolute Gasteiger partial charge is 0.161 e. The van der Waals surface area contributed by atoms with Gasteiger partial charge in [0, 0.05) is 11.8 Å².